The highest BCUT2D eigenvalue weighted by Gasteiger charge is 2.23. The van der Waals surface area contributed by atoms with E-state index in [1.807, 2.05) is 24.2 Å². The Morgan fingerprint density at radius 1 is 1.43 bits per heavy atom. The molecule has 1 amide bonds. The van der Waals surface area contributed by atoms with Crippen LogP contribution in [0.15, 0.2) is 37.1 Å². The van der Waals surface area contributed by atoms with Gasteiger partial charge in [-0.15, -0.1) is 0 Å². The van der Waals surface area contributed by atoms with E-state index in [9.17, 15) is 4.79 Å². The van der Waals surface area contributed by atoms with Gasteiger partial charge in [-0.2, -0.15) is 0 Å². The smallest absolute Gasteiger partial charge is 0.254 e. The second-order valence-electron chi connectivity index (χ2n) is 5.25. The van der Waals surface area contributed by atoms with Crippen molar-refractivity contribution in [3.63, 3.8) is 0 Å². The van der Waals surface area contributed by atoms with Gasteiger partial charge in [0.1, 0.15) is 12.1 Å². The van der Waals surface area contributed by atoms with Crippen LogP contribution in [0.1, 0.15) is 23.2 Å². The van der Waals surface area contributed by atoms with Crippen molar-refractivity contribution < 1.29 is 4.79 Å². The van der Waals surface area contributed by atoms with Crippen molar-refractivity contribution in [1.29, 1.82) is 0 Å². The van der Waals surface area contributed by atoms with Gasteiger partial charge < -0.3 is 10.2 Å². The number of hydrogen-bond acceptors (Lipinski definition) is 4. The number of likely N-dealkylation sites (tertiary alicyclic amines) is 1. The number of piperidine rings is 1. The van der Waals surface area contributed by atoms with Crippen molar-refractivity contribution in [2.75, 3.05) is 20.1 Å². The zero-order valence-corrected chi connectivity index (χ0v) is 12.1. The van der Waals surface area contributed by atoms with E-state index in [2.05, 4.69) is 15.3 Å². The molecule has 1 aliphatic rings. The molecule has 1 N–H and O–H groups in total. The van der Waals surface area contributed by atoms with Gasteiger partial charge in [-0.25, -0.2) is 9.97 Å². The van der Waals surface area contributed by atoms with Gasteiger partial charge in [0.05, 0.1) is 0 Å². The highest BCUT2D eigenvalue weighted by atomic mass is 16.2. The molecule has 1 atom stereocenters. The fourth-order valence-corrected chi connectivity index (χ4v) is 2.67. The number of aromatic nitrogens is 3. The Morgan fingerprint density at radius 3 is 3.10 bits per heavy atom. The fourth-order valence-electron chi connectivity index (χ4n) is 2.67. The minimum atomic E-state index is 0.0683. The van der Waals surface area contributed by atoms with Crippen molar-refractivity contribution in [3.05, 3.63) is 42.6 Å². The summed E-state index contributed by atoms with van der Waals surface area (Å²) in [5.41, 5.74) is 0.672. The standard InChI is InChI=1S/C15H19N5O/c1-16-13-3-2-7-19(10-13)15(21)12-4-5-18-14(9-12)20-8-6-17-11-20/h4-6,8-9,11,13,16H,2-3,7,10H2,1H3. The van der Waals surface area contributed by atoms with Crippen LogP contribution in [0.5, 0.6) is 0 Å². The average molecular weight is 285 g/mol. The Morgan fingerprint density at radius 2 is 2.33 bits per heavy atom. The van der Waals surface area contributed by atoms with Gasteiger partial charge in [-0.3, -0.25) is 9.36 Å². The third-order valence-corrected chi connectivity index (χ3v) is 3.88. The van der Waals surface area contributed by atoms with Gasteiger partial charge in [-0.1, -0.05) is 0 Å². The number of carbonyl (C=O) groups excluding carboxylic acids is 1. The first-order chi connectivity index (χ1) is 10.3. The molecule has 21 heavy (non-hydrogen) atoms. The first-order valence-electron chi connectivity index (χ1n) is 7.19. The van der Waals surface area contributed by atoms with Crippen LogP contribution in [-0.4, -0.2) is 51.5 Å². The monoisotopic (exact) mass is 285 g/mol. The van der Waals surface area contributed by atoms with Gasteiger partial charge in [0.15, 0.2) is 0 Å². The lowest BCUT2D eigenvalue weighted by atomic mass is 10.0. The van der Waals surface area contributed by atoms with E-state index < -0.39 is 0 Å². The summed E-state index contributed by atoms with van der Waals surface area (Å²) in [6.07, 6.45) is 9.01. The number of hydrogen-bond donors (Lipinski definition) is 1. The van der Waals surface area contributed by atoms with E-state index in [0.29, 0.717) is 17.4 Å². The lowest BCUT2D eigenvalue weighted by Gasteiger charge is -2.32. The van der Waals surface area contributed by atoms with Crippen molar-refractivity contribution in [3.8, 4) is 5.82 Å². The van der Waals surface area contributed by atoms with Crippen molar-refractivity contribution >= 4 is 5.91 Å². The van der Waals surface area contributed by atoms with E-state index in [0.717, 1.165) is 25.9 Å². The zero-order chi connectivity index (χ0) is 14.7. The summed E-state index contributed by atoms with van der Waals surface area (Å²) in [5.74, 6) is 0.777. The third kappa shape index (κ3) is 2.95. The lowest BCUT2D eigenvalue weighted by molar-refractivity contribution is 0.0698. The molecule has 1 saturated heterocycles. The third-order valence-electron chi connectivity index (χ3n) is 3.88. The van der Waals surface area contributed by atoms with E-state index >= 15 is 0 Å². The van der Waals surface area contributed by atoms with Crippen LogP contribution >= 0.6 is 0 Å². The summed E-state index contributed by atoms with van der Waals surface area (Å²) in [4.78, 5) is 22.8. The van der Waals surface area contributed by atoms with Crippen LogP contribution in [-0.2, 0) is 0 Å². The van der Waals surface area contributed by atoms with Gasteiger partial charge in [0.2, 0.25) is 0 Å². The predicted molar refractivity (Wildman–Crippen MR) is 79.3 cm³/mol. The highest BCUT2D eigenvalue weighted by Crippen LogP contribution is 2.15. The Balaban J connectivity index is 1.80. The number of rotatable bonds is 3. The van der Waals surface area contributed by atoms with Gasteiger partial charge in [0.25, 0.3) is 5.91 Å². The largest absolute Gasteiger partial charge is 0.337 e. The maximum Gasteiger partial charge on any atom is 0.254 e. The topological polar surface area (TPSA) is 63.1 Å². The lowest BCUT2D eigenvalue weighted by Crippen LogP contribution is -2.46. The second kappa shape index (κ2) is 6.05. The van der Waals surface area contributed by atoms with E-state index in [1.165, 1.54) is 0 Å². The Kier molecular flexibility index (Phi) is 3.96. The summed E-state index contributed by atoms with van der Waals surface area (Å²) in [6, 6.07) is 3.97. The Labute approximate surface area is 123 Å². The summed E-state index contributed by atoms with van der Waals surface area (Å²) >= 11 is 0. The molecular weight excluding hydrogens is 266 g/mol. The number of imidazole rings is 1. The molecule has 0 spiro atoms. The van der Waals surface area contributed by atoms with E-state index in [-0.39, 0.29) is 5.91 Å². The van der Waals surface area contributed by atoms with Crippen LogP contribution in [0.3, 0.4) is 0 Å². The molecule has 110 valence electrons. The summed E-state index contributed by atoms with van der Waals surface area (Å²) in [7, 11) is 1.95. The molecule has 0 radical (unpaired) electrons. The number of likely N-dealkylation sites (N-methyl/N-ethyl adjacent to an activating group) is 1. The molecule has 1 fully saturated rings. The van der Waals surface area contributed by atoms with Crippen LogP contribution in [0.2, 0.25) is 0 Å². The first-order valence-corrected chi connectivity index (χ1v) is 7.19. The van der Waals surface area contributed by atoms with Gasteiger partial charge in [0, 0.05) is 43.3 Å². The number of amides is 1. The number of pyridine rings is 1. The first kappa shape index (κ1) is 13.8. The minimum absolute atomic E-state index is 0.0683. The number of nitrogens with zero attached hydrogens (tertiary/aromatic N) is 4. The summed E-state index contributed by atoms with van der Waals surface area (Å²) in [5, 5.41) is 3.26. The molecule has 6 heteroatoms. The average Bonchev–Trinajstić information content (AvgIpc) is 3.09. The fraction of sp³-hybridized carbons (Fsp3) is 0.400. The van der Waals surface area contributed by atoms with Crippen molar-refractivity contribution in [2.24, 2.45) is 0 Å². The normalized spacial score (nSPS) is 18.7. The molecule has 0 bridgehead atoms. The molecule has 3 rings (SSSR count). The number of nitrogens with one attached hydrogen (secondary N) is 1. The van der Waals surface area contributed by atoms with E-state index in [1.54, 1.807) is 29.4 Å². The molecule has 6 nitrogen and oxygen atoms in total. The van der Waals surface area contributed by atoms with Gasteiger partial charge in [-0.05, 0) is 32.0 Å². The SMILES string of the molecule is CNC1CCCN(C(=O)c2ccnc(-n3ccnc3)c2)C1. The molecule has 1 unspecified atom stereocenters. The van der Waals surface area contributed by atoms with Crippen molar-refractivity contribution in [2.45, 2.75) is 18.9 Å². The molecule has 3 heterocycles. The van der Waals surface area contributed by atoms with Crippen molar-refractivity contribution in [1.82, 2.24) is 24.8 Å². The molecule has 2 aromatic heterocycles. The van der Waals surface area contributed by atoms with Crippen LogP contribution in [0.25, 0.3) is 5.82 Å². The maximum absolute atomic E-state index is 12.6. The summed E-state index contributed by atoms with van der Waals surface area (Å²) in [6.45, 7) is 1.58. The van der Waals surface area contributed by atoms with E-state index in [4.69, 9.17) is 0 Å². The molecule has 0 aliphatic carbocycles. The Bertz CT molecular complexity index is 610. The minimum Gasteiger partial charge on any atom is -0.337 e. The zero-order valence-electron chi connectivity index (χ0n) is 12.1. The number of carbonyl (C=O) groups is 1. The predicted octanol–water partition coefficient (Wildman–Crippen LogP) is 1.09. The van der Waals surface area contributed by atoms with Crippen LogP contribution in [0.4, 0.5) is 0 Å². The molecular formula is C15H19N5O. The molecule has 0 saturated carbocycles. The highest BCUT2D eigenvalue weighted by molar-refractivity contribution is 5.94. The van der Waals surface area contributed by atoms with Crippen LogP contribution in [0, 0.1) is 0 Å². The Hall–Kier alpha value is -2.21. The summed E-state index contributed by atoms with van der Waals surface area (Å²) < 4.78 is 1.80. The van der Waals surface area contributed by atoms with Crippen LogP contribution < -0.4 is 5.32 Å². The molecule has 0 aromatic carbocycles. The maximum atomic E-state index is 12.6. The quantitative estimate of drug-likeness (QED) is 0.917. The molecule has 1 aliphatic heterocycles. The second-order valence-corrected chi connectivity index (χ2v) is 5.25. The molecule has 2 aromatic rings. The van der Waals surface area contributed by atoms with Gasteiger partial charge >= 0.3 is 0 Å².